The smallest absolute Gasteiger partial charge is 0.161 e. The van der Waals surface area contributed by atoms with Gasteiger partial charge in [0.25, 0.3) is 0 Å². The Morgan fingerprint density at radius 3 is 2.48 bits per heavy atom. The zero-order valence-corrected chi connectivity index (χ0v) is 13.1. The van der Waals surface area contributed by atoms with Crippen molar-refractivity contribution in [1.29, 1.82) is 0 Å². The molecule has 21 heavy (non-hydrogen) atoms. The molecule has 0 saturated heterocycles. The number of benzene rings is 1. The van der Waals surface area contributed by atoms with Crippen molar-refractivity contribution in [2.24, 2.45) is 0 Å². The molecule has 2 atom stereocenters. The van der Waals surface area contributed by atoms with Crippen molar-refractivity contribution in [3.8, 4) is 11.5 Å². The predicted molar refractivity (Wildman–Crippen MR) is 82.8 cm³/mol. The molecule has 0 aliphatic heterocycles. The molecular formula is C17H23NO3. The molecule has 4 nitrogen and oxygen atoms in total. The second-order valence-electron chi connectivity index (χ2n) is 4.98. The highest BCUT2D eigenvalue weighted by atomic mass is 16.5. The van der Waals surface area contributed by atoms with Gasteiger partial charge >= 0.3 is 0 Å². The third kappa shape index (κ3) is 3.58. The predicted octanol–water partition coefficient (Wildman–Crippen LogP) is 4.10. The van der Waals surface area contributed by atoms with Crippen molar-refractivity contribution >= 4 is 0 Å². The maximum atomic E-state index is 5.45. The van der Waals surface area contributed by atoms with E-state index in [-0.39, 0.29) is 12.1 Å². The van der Waals surface area contributed by atoms with Crippen LogP contribution in [0.4, 0.5) is 0 Å². The van der Waals surface area contributed by atoms with E-state index >= 15 is 0 Å². The van der Waals surface area contributed by atoms with Crippen LogP contribution < -0.4 is 14.8 Å². The molecule has 0 aliphatic rings. The van der Waals surface area contributed by atoms with Gasteiger partial charge in [0.05, 0.1) is 26.5 Å². The zero-order valence-electron chi connectivity index (χ0n) is 13.1. The van der Waals surface area contributed by atoms with Crippen LogP contribution in [-0.4, -0.2) is 14.2 Å². The van der Waals surface area contributed by atoms with E-state index in [1.54, 1.807) is 20.5 Å². The van der Waals surface area contributed by atoms with Crippen molar-refractivity contribution < 1.29 is 13.9 Å². The van der Waals surface area contributed by atoms with Gasteiger partial charge in [-0.2, -0.15) is 0 Å². The fourth-order valence-electron chi connectivity index (χ4n) is 2.44. The minimum Gasteiger partial charge on any atom is -0.493 e. The summed E-state index contributed by atoms with van der Waals surface area (Å²) in [6, 6.07) is 10.3. The average Bonchev–Trinajstić information content (AvgIpc) is 3.06. The fourth-order valence-corrected chi connectivity index (χ4v) is 2.44. The maximum Gasteiger partial charge on any atom is 0.161 e. The van der Waals surface area contributed by atoms with Crippen LogP contribution in [0.3, 0.4) is 0 Å². The van der Waals surface area contributed by atoms with E-state index in [1.807, 2.05) is 24.3 Å². The van der Waals surface area contributed by atoms with E-state index in [9.17, 15) is 0 Å². The summed E-state index contributed by atoms with van der Waals surface area (Å²) in [6.45, 7) is 4.26. The van der Waals surface area contributed by atoms with E-state index in [2.05, 4.69) is 25.2 Å². The van der Waals surface area contributed by atoms with Crippen molar-refractivity contribution in [3.05, 3.63) is 47.9 Å². The van der Waals surface area contributed by atoms with E-state index in [4.69, 9.17) is 13.9 Å². The Hall–Kier alpha value is -1.94. The molecule has 0 bridgehead atoms. The third-order valence-electron chi connectivity index (χ3n) is 3.64. The second kappa shape index (κ2) is 7.18. The SMILES string of the molecule is CCC(N[C@H](C)c1ccco1)c1ccc(OC)c(OC)c1. The molecule has 0 radical (unpaired) electrons. The molecule has 1 aromatic carbocycles. The van der Waals surface area contributed by atoms with Crippen LogP contribution in [0.25, 0.3) is 0 Å². The van der Waals surface area contributed by atoms with E-state index < -0.39 is 0 Å². The third-order valence-corrected chi connectivity index (χ3v) is 3.64. The zero-order chi connectivity index (χ0) is 15.2. The molecule has 1 unspecified atom stereocenters. The van der Waals surface area contributed by atoms with Gasteiger partial charge in [0, 0.05) is 6.04 Å². The molecule has 2 rings (SSSR count). The lowest BCUT2D eigenvalue weighted by Gasteiger charge is -2.22. The Morgan fingerprint density at radius 1 is 1.14 bits per heavy atom. The Bertz CT molecular complexity index is 551. The number of rotatable bonds is 7. The van der Waals surface area contributed by atoms with Gasteiger partial charge in [-0.25, -0.2) is 0 Å². The molecule has 4 heteroatoms. The van der Waals surface area contributed by atoms with E-state index in [0.29, 0.717) is 0 Å². The highest BCUT2D eigenvalue weighted by Crippen LogP contribution is 2.31. The number of hydrogen-bond donors (Lipinski definition) is 1. The Labute approximate surface area is 126 Å². The van der Waals surface area contributed by atoms with Crippen molar-refractivity contribution in [2.75, 3.05) is 14.2 Å². The number of ether oxygens (including phenoxy) is 2. The van der Waals surface area contributed by atoms with Gasteiger partial charge in [-0.15, -0.1) is 0 Å². The number of methoxy groups -OCH3 is 2. The first-order valence-electron chi connectivity index (χ1n) is 7.21. The first kappa shape index (κ1) is 15.4. The Morgan fingerprint density at radius 2 is 1.90 bits per heavy atom. The molecule has 0 fully saturated rings. The van der Waals surface area contributed by atoms with Crippen molar-refractivity contribution in [1.82, 2.24) is 5.32 Å². The van der Waals surface area contributed by atoms with Crippen LogP contribution in [0.1, 0.15) is 43.7 Å². The highest BCUT2D eigenvalue weighted by molar-refractivity contribution is 5.43. The summed E-state index contributed by atoms with van der Waals surface area (Å²) in [5.74, 6) is 2.44. The summed E-state index contributed by atoms with van der Waals surface area (Å²) in [7, 11) is 3.30. The lowest BCUT2D eigenvalue weighted by Crippen LogP contribution is -2.24. The standard InChI is InChI=1S/C17H23NO3/c1-5-14(18-12(2)15-7-6-10-21-15)13-8-9-16(19-3)17(11-13)20-4/h6-12,14,18H,5H2,1-4H3/t12-,14?/m1/s1. The first-order chi connectivity index (χ1) is 10.2. The van der Waals surface area contributed by atoms with Gasteiger partial charge in [0.15, 0.2) is 11.5 Å². The fraction of sp³-hybridized carbons (Fsp3) is 0.412. The summed E-state index contributed by atoms with van der Waals surface area (Å²) < 4.78 is 16.1. The Balaban J connectivity index is 2.17. The molecule has 1 heterocycles. The van der Waals surface area contributed by atoms with Crippen LogP contribution in [0, 0.1) is 0 Å². The second-order valence-corrected chi connectivity index (χ2v) is 4.98. The van der Waals surface area contributed by atoms with Gasteiger partial charge in [-0.1, -0.05) is 13.0 Å². The lowest BCUT2D eigenvalue weighted by atomic mass is 10.0. The summed E-state index contributed by atoms with van der Waals surface area (Å²) in [6.07, 6.45) is 2.67. The molecule has 2 aromatic rings. The van der Waals surface area contributed by atoms with Crippen molar-refractivity contribution in [2.45, 2.75) is 32.4 Å². The van der Waals surface area contributed by atoms with Gasteiger partial charge < -0.3 is 19.2 Å². The maximum absolute atomic E-state index is 5.45. The Kier molecular flexibility index (Phi) is 5.28. The average molecular weight is 289 g/mol. The molecule has 114 valence electrons. The molecule has 1 N–H and O–H groups in total. The quantitative estimate of drug-likeness (QED) is 0.833. The molecule has 0 saturated carbocycles. The van der Waals surface area contributed by atoms with Crippen LogP contribution in [0.15, 0.2) is 41.0 Å². The molecule has 0 spiro atoms. The summed E-state index contributed by atoms with van der Waals surface area (Å²) in [4.78, 5) is 0. The molecule has 0 aliphatic carbocycles. The highest BCUT2D eigenvalue weighted by Gasteiger charge is 2.17. The van der Waals surface area contributed by atoms with E-state index in [1.165, 1.54) is 5.56 Å². The normalized spacial score (nSPS) is 13.7. The minimum absolute atomic E-state index is 0.151. The van der Waals surface area contributed by atoms with Gasteiger partial charge in [0.1, 0.15) is 5.76 Å². The largest absolute Gasteiger partial charge is 0.493 e. The van der Waals surface area contributed by atoms with Crippen LogP contribution in [0.2, 0.25) is 0 Å². The molecular weight excluding hydrogens is 266 g/mol. The lowest BCUT2D eigenvalue weighted by molar-refractivity contribution is 0.352. The number of furan rings is 1. The van der Waals surface area contributed by atoms with Crippen LogP contribution in [-0.2, 0) is 0 Å². The minimum atomic E-state index is 0.151. The van der Waals surface area contributed by atoms with Gasteiger partial charge in [-0.05, 0) is 43.2 Å². The molecule has 1 aromatic heterocycles. The number of nitrogens with one attached hydrogen (secondary N) is 1. The van der Waals surface area contributed by atoms with Crippen LogP contribution in [0.5, 0.6) is 11.5 Å². The van der Waals surface area contributed by atoms with Crippen molar-refractivity contribution in [3.63, 3.8) is 0 Å². The monoisotopic (exact) mass is 289 g/mol. The summed E-state index contributed by atoms with van der Waals surface area (Å²) >= 11 is 0. The van der Waals surface area contributed by atoms with E-state index in [0.717, 1.165) is 23.7 Å². The van der Waals surface area contributed by atoms with Gasteiger partial charge in [0.2, 0.25) is 0 Å². The summed E-state index contributed by atoms with van der Waals surface area (Å²) in [5.41, 5.74) is 1.17. The van der Waals surface area contributed by atoms with Crippen LogP contribution >= 0.6 is 0 Å². The first-order valence-corrected chi connectivity index (χ1v) is 7.21. The summed E-state index contributed by atoms with van der Waals surface area (Å²) in [5, 5.41) is 3.58. The number of hydrogen-bond acceptors (Lipinski definition) is 4. The topological polar surface area (TPSA) is 43.6 Å². The molecule has 0 amide bonds. The van der Waals surface area contributed by atoms with Gasteiger partial charge in [-0.3, -0.25) is 0 Å².